The van der Waals surface area contributed by atoms with Gasteiger partial charge in [0.05, 0.1) is 12.3 Å². The summed E-state index contributed by atoms with van der Waals surface area (Å²) in [6.45, 7) is 2.50. The minimum atomic E-state index is -0.329. The number of aromatic nitrogens is 2. The number of ether oxygens (including phenoxy) is 1. The topological polar surface area (TPSA) is 53.2 Å². The van der Waals surface area contributed by atoms with Gasteiger partial charge in [-0.3, -0.25) is 9.36 Å². The fourth-order valence-electron chi connectivity index (χ4n) is 1.40. The Hall–Kier alpha value is -1.82. The van der Waals surface area contributed by atoms with Crippen LogP contribution in [0.2, 0.25) is 0 Å². The monoisotopic (exact) mass is 252 g/mol. The number of hydrogen-bond acceptors (Lipinski definition) is 4. The second kappa shape index (κ2) is 4.58. The van der Waals surface area contributed by atoms with Crippen molar-refractivity contribution >= 4 is 11.5 Å². The average molecular weight is 252 g/mol. The van der Waals surface area contributed by atoms with Crippen LogP contribution in [0.3, 0.4) is 0 Å². The molecule has 0 aliphatic heterocycles. The molecule has 2 aromatic rings. The molecule has 17 heavy (non-hydrogen) atoms. The second-order valence-corrected chi connectivity index (χ2v) is 4.32. The Balaban J connectivity index is 2.43. The summed E-state index contributed by atoms with van der Waals surface area (Å²) in [5, 5.41) is 0. The summed E-state index contributed by atoms with van der Waals surface area (Å²) in [7, 11) is 1.46. The summed E-state index contributed by atoms with van der Waals surface area (Å²) < 4.78 is 7.75. The lowest BCUT2D eigenvalue weighted by molar-refractivity contribution is 0.340. The summed E-state index contributed by atoms with van der Waals surface area (Å²) in [4.78, 5) is 22.8. The highest BCUT2D eigenvalue weighted by molar-refractivity contribution is 7.03. The molecule has 2 rings (SSSR count). The number of nitrogens with zero attached hydrogens (tertiary/aromatic N) is 2. The molecule has 0 bridgehead atoms. The second-order valence-electron chi connectivity index (χ2n) is 3.42. The van der Waals surface area contributed by atoms with Gasteiger partial charge in [0.1, 0.15) is 5.75 Å². The number of hydrogen-bond donors (Lipinski definition) is 0. The fraction of sp³-hybridized carbons (Fsp3) is 0.273. The first-order valence-electron chi connectivity index (χ1n) is 5.16. The summed E-state index contributed by atoms with van der Waals surface area (Å²) >= 11 is 0.884. The molecule has 0 radical (unpaired) electrons. The predicted octanol–water partition coefficient (Wildman–Crippen LogP) is 0.996. The van der Waals surface area contributed by atoms with Crippen molar-refractivity contribution in [1.29, 1.82) is 0 Å². The Morgan fingerprint density at radius 2 is 1.88 bits per heavy atom. The lowest BCUT2D eigenvalue weighted by Crippen LogP contribution is -2.25. The van der Waals surface area contributed by atoms with Crippen molar-refractivity contribution in [2.45, 2.75) is 6.92 Å². The predicted molar refractivity (Wildman–Crippen MR) is 66.3 cm³/mol. The maximum atomic E-state index is 11.7. The molecule has 0 amide bonds. The molecular weight excluding hydrogens is 240 g/mol. The van der Waals surface area contributed by atoms with Crippen LogP contribution < -0.4 is 15.3 Å². The van der Waals surface area contributed by atoms with Crippen molar-refractivity contribution in [3.63, 3.8) is 0 Å². The summed E-state index contributed by atoms with van der Waals surface area (Å²) in [5.74, 6) is 0.743. The minimum absolute atomic E-state index is 0.274. The highest BCUT2D eigenvalue weighted by Gasteiger charge is 2.08. The zero-order valence-corrected chi connectivity index (χ0v) is 10.4. The van der Waals surface area contributed by atoms with E-state index in [-0.39, 0.29) is 10.6 Å². The van der Waals surface area contributed by atoms with Crippen molar-refractivity contribution in [2.24, 2.45) is 7.05 Å². The zero-order chi connectivity index (χ0) is 12.4. The van der Waals surface area contributed by atoms with Gasteiger partial charge < -0.3 is 4.74 Å². The van der Waals surface area contributed by atoms with Gasteiger partial charge in [-0.15, -0.1) is 0 Å². The first kappa shape index (κ1) is 11.7. The molecule has 0 spiro atoms. The number of benzene rings is 1. The first-order chi connectivity index (χ1) is 8.13. The van der Waals surface area contributed by atoms with Gasteiger partial charge >= 0.3 is 10.6 Å². The van der Waals surface area contributed by atoms with Crippen LogP contribution in [-0.4, -0.2) is 15.1 Å². The smallest absolute Gasteiger partial charge is 0.345 e. The van der Waals surface area contributed by atoms with E-state index in [0.29, 0.717) is 12.3 Å². The van der Waals surface area contributed by atoms with E-state index in [9.17, 15) is 9.59 Å². The third-order valence-corrected chi connectivity index (χ3v) is 3.27. The first-order valence-corrected chi connectivity index (χ1v) is 5.93. The molecule has 0 aliphatic rings. The van der Waals surface area contributed by atoms with Crippen LogP contribution in [0.1, 0.15) is 6.92 Å². The highest BCUT2D eigenvalue weighted by atomic mass is 32.1. The van der Waals surface area contributed by atoms with Gasteiger partial charge in [-0.1, -0.05) is 0 Å². The van der Waals surface area contributed by atoms with E-state index in [4.69, 9.17) is 4.74 Å². The van der Waals surface area contributed by atoms with E-state index in [1.165, 1.54) is 11.0 Å². The van der Waals surface area contributed by atoms with Crippen molar-refractivity contribution < 1.29 is 4.74 Å². The van der Waals surface area contributed by atoms with Crippen molar-refractivity contribution in [1.82, 2.24) is 8.52 Å². The van der Waals surface area contributed by atoms with Crippen LogP contribution in [-0.2, 0) is 7.05 Å². The maximum Gasteiger partial charge on any atom is 0.345 e. The van der Waals surface area contributed by atoms with Crippen LogP contribution in [0.25, 0.3) is 5.69 Å². The van der Waals surface area contributed by atoms with Crippen molar-refractivity contribution in [2.75, 3.05) is 6.61 Å². The van der Waals surface area contributed by atoms with E-state index in [0.717, 1.165) is 21.8 Å². The Kier molecular flexibility index (Phi) is 3.14. The van der Waals surface area contributed by atoms with E-state index in [1.807, 2.05) is 6.92 Å². The molecule has 1 heterocycles. The average Bonchev–Trinajstić information content (AvgIpc) is 2.59. The maximum absolute atomic E-state index is 11.7. The van der Waals surface area contributed by atoms with Gasteiger partial charge in [-0.2, -0.15) is 0 Å². The zero-order valence-electron chi connectivity index (χ0n) is 9.54. The summed E-state index contributed by atoms with van der Waals surface area (Å²) in [6, 6.07) is 7.05. The van der Waals surface area contributed by atoms with Gasteiger partial charge in [0.2, 0.25) is 0 Å². The largest absolute Gasteiger partial charge is 0.494 e. The third-order valence-electron chi connectivity index (χ3n) is 2.29. The van der Waals surface area contributed by atoms with Gasteiger partial charge in [-0.05, 0) is 31.2 Å². The fourth-order valence-corrected chi connectivity index (χ4v) is 2.18. The minimum Gasteiger partial charge on any atom is -0.494 e. The van der Waals surface area contributed by atoms with E-state index < -0.39 is 0 Å². The van der Waals surface area contributed by atoms with E-state index in [2.05, 4.69) is 0 Å². The molecular formula is C11H12N2O3S. The molecule has 5 nitrogen and oxygen atoms in total. The lowest BCUT2D eigenvalue weighted by Gasteiger charge is -2.03. The van der Waals surface area contributed by atoms with Gasteiger partial charge in [-0.25, -0.2) is 8.75 Å². The van der Waals surface area contributed by atoms with Crippen LogP contribution in [0.5, 0.6) is 5.75 Å². The molecule has 0 aliphatic carbocycles. The van der Waals surface area contributed by atoms with Gasteiger partial charge in [0.25, 0.3) is 0 Å². The molecule has 0 fully saturated rings. The molecule has 1 aromatic carbocycles. The molecule has 0 saturated carbocycles. The van der Waals surface area contributed by atoms with E-state index in [1.54, 1.807) is 24.3 Å². The normalized spacial score (nSPS) is 10.5. The van der Waals surface area contributed by atoms with Crippen LogP contribution in [0.4, 0.5) is 0 Å². The van der Waals surface area contributed by atoms with Gasteiger partial charge in [0.15, 0.2) is 0 Å². The van der Waals surface area contributed by atoms with Crippen LogP contribution >= 0.6 is 11.5 Å². The Bertz CT molecular complexity index is 621. The molecule has 0 atom stereocenters. The lowest BCUT2D eigenvalue weighted by atomic mass is 10.3. The van der Waals surface area contributed by atoms with Crippen molar-refractivity contribution in [3.8, 4) is 11.4 Å². The Morgan fingerprint density at radius 3 is 2.35 bits per heavy atom. The number of rotatable bonds is 3. The Labute approximate surface area is 102 Å². The molecule has 90 valence electrons. The van der Waals surface area contributed by atoms with Crippen LogP contribution in [0, 0.1) is 0 Å². The molecule has 6 heteroatoms. The summed E-state index contributed by atoms with van der Waals surface area (Å²) in [6.07, 6.45) is 0. The van der Waals surface area contributed by atoms with Crippen molar-refractivity contribution in [3.05, 3.63) is 44.4 Å². The third kappa shape index (κ3) is 2.16. The molecule has 0 saturated heterocycles. The molecule has 0 N–H and O–H groups in total. The standard InChI is InChI=1S/C11H12N2O3S/c1-3-16-9-6-4-8(5-7-9)13-10(14)12(2)11(15)17-13/h4-7H,3H2,1-2H3. The highest BCUT2D eigenvalue weighted by Crippen LogP contribution is 2.14. The molecule has 0 unspecified atom stereocenters. The molecule has 1 aromatic heterocycles. The van der Waals surface area contributed by atoms with Crippen LogP contribution in [0.15, 0.2) is 33.9 Å². The Morgan fingerprint density at radius 1 is 1.24 bits per heavy atom. The summed E-state index contributed by atoms with van der Waals surface area (Å²) in [5.41, 5.74) is 0.338. The SMILES string of the molecule is CCOc1ccc(-n2sc(=O)n(C)c2=O)cc1. The van der Waals surface area contributed by atoms with Gasteiger partial charge in [0, 0.05) is 18.6 Å². The quantitative estimate of drug-likeness (QED) is 0.818. The van der Waals surface area contributed by atoms with E-state index >= 15 is 0 Å².